The summed E-state index contributed by atoms with van der Waals surface area (Å²) in [7, 11) is 0. The Morgan fingerprint density at radius 3 is 2.83 bits per heavy atom. The molecule has 1 aliphatic rings. The lowest BCUT2D eigenvalue weighted by molar-refractivity contribution is 0.0169. The topological polar surface area (TPSA) is 93.9 Å². The Balaban J connectivity index is 1.85. The zero-order valence-electron chi connectivity index (χ0n) is 12.7. The van der Waals surface area contributed by atoms with Crippen LogP contribution in [-0.4, -0.2) is 27.4 Å². The second-order valence-corrected chi connectivity index (χ2v) is 5.76. The second-order valence-electron chi connectivity index (χ2n) is 5.76. The number of ether oxygens (including phenoxy) is 1. The van der Waals surface area contributed by atoms with Gasteiger partial charge in [-0.3, -0.25) is 4.79 Å². The van der Waals surface area contributed by atoms with E-state index in [2.05, 4.69) is 15.4 Å². The van der Waals surface area contributed by atoms with Crippen molar-refractivity contribution in [3.63, 3.8) is 0 Å². The third-order valence-corrected chi connectivity index (χ3v) is 4.13. The predicted molar refractivity (Wildman–Crippen MR) is 82.0 cm³/mol. The van der Waals surface area contributed by atoms with Crippen molar-refractivity contribution in [2.45, 2.75) is 44.8 Å². The van der Waals surface area contributed by atoms with Crippen molar-refractivity contribution < 1.29 is 13.9 Å². The molecule has 0 radical (unpaired) electrons. The van der Waals surface area contributed by atoms with Gasteiger partial charge in [-0.1, -0.05) is 19.3 Å². The number of aromatic nitrogens is 3. The fourth-order valence-electron chi connectivity index (χ4n) is 2.94. The molecule has 1 heterocycles. The van der Waals surface area contributed by atoms with Crippen LogP contribution in [-0.2, 0) is 11.3 Å². The van der Waals surface area contributed by atoms with Gasteiger partial charge in [0.05, 0.1) is 12.7 Å². The van der Waals surface area contributed by atoms with Gasteiger partial charge in [0.1, 0.15) is 11.5 Å². The molecule has 0 saturated heterocycles. The third-order valence-electron chi connectivity index (χ3n) is 4.13. The van der Waals surface area contributed by atoms with Gasteiger partial charge in [0.15, 0.2) is 5.69 Å². The summed E-state index contributed by atoms with van der Waals surface area (Å²) < 4.78 is 19.5. The fourth-order valence-corrected chi connectivity index (χ4v) is 2.94. The zero-order chi connectivity index (χ0) is 16.2. The minimum atomic E-state index is -0.683. The van der Waals surface area contributed by atoms with E-state index in [1.807, 2.05) is 0 Å². The van der Waals surface area contributed by atoms with E-state index in [0.717, 1.165) is 25.7 Å². The van der Waals surface area contributed by atoms with E-state index in [9.17, 15) is 9.18 Å². The molecular formula is C16H19FN4O2. The van der Waals surface area contributed by atoms with Gasteiger partial charge in [0.2, 0.25) is 0 Å². The number of amides is 1. The summed E-state index contributed by atoms with van der Waals surface area (Å²) >= 11 is 0. The summed E-state index contributed by atoms with van der Waals surface area (Å²) in [4.78, 5) is 11.4. The molecule has 3 rings (SSSR count). The molecule has 7 heteroatoms. The Labute approximate surface area is 133 Å². The zero-order valence-corrected chi connectivity index (χ0v) is 12.7. The second kappa shape index (κ2) is 6.87. The van der Waals surface area contributed by atoms with Crippen LogP contribution in [0.3, 0.4) is 0 Å². The molecule has 1 aromatic heterocycles. The SMILES string of the molecule is NC(=O)c1n[nH]nc1-c1ccc(F)cc1COC1CCCCC1. The number of benzene rings is 1. The molecule has 6 nitrogen and oxygen atoms in total. The number of hydrogen-bond acceptors (Lipinski definition) is 4. The van der Waals surface area contributed by atoms with Crippen LogP contribution < -0.4 is 5.73 Å². The van der Waals surface area contributed by atoms with Crippen LogP contribution >= 0.6 is 0 Å². The van der Waals surface area contributed by atoms with Gasteiger partial charge in [0.25, 0.3) is 5.91 Å². The maximum absolute atomic E-state index is 13.6. The van der Waals surface area contributed by atoms with Gasteiger partial charge in [-0.25, -0.2) is 4.39 Å². The van der Waals surface area contributed by atoms with Crippen LogP contribution in [0.1, 0.15) is 48.2 Å². The van der Waals surface area contributed by atoms with E-state index in [-0.39, 0.29) is 24.2 Å². The average molecular weight is 318 g/mol. The van der Waals surface area contributed by atoms with Crippen molar-refractivity contribution in [1.82, 2.24) is 15.4 Å². The fraction of sp³-hybridized carbons (Fsp3) is 0.438. The number of primary amides is 1. The first-order valence-electron chi connectivity index (χ1n) is 7.76. The third kappa shape index (κ3) is 3.56. The minimum absolute atomic E-state index is 0.0375. The highest BCUT2D eigenvalue weighted by atomic mass is 19.1. The van der Waals surface area contributed by atoms with Crippen molar-refractivity contribution in [3.05, 3.63) is 35.3 Å². The molecule has 23 heavy (non-hydrogen) atoms. The number of carbonyl (C=O) groups is 1. The Kier molecular flexibility index (Phi) is 4.66. The van der Waals surface area contributed by atoms with Crippen LogP contribution in [0.5, 0.6) is 0 Å². The Bertz CT molecular complexity index is 695. The number of halogens is 1. The molecule has 122 valence electrons. The molecule has 1 amide bonds. The first-order valence-corrected chi connectivity index (χ1v) is 7.76. The predicted octanol–water partition coefficient (Wildman–Crippen LogP) is 2.56. The lowest BCUT2D eigenvalue weighted by Gasteiger charge is -2.22. The van der Waals surface area contributed by atoms with Crippen LogP contribution in [0.25, 0.3) is 11.3 Å². The summed E-state index contributed by atoms with van der Waals surface area (Å²) in [5.74, 6) is -1.04. The highest BCUT2D eigenvalue weighted by Gasteiger charge is 2.20. The molecule has 0 bridgehead atoms. The molecule has 0 atom stereocenters. The summed E-state index contributed by atoms with van der Waals surface area (Å²) in [5, 5.41) is 10.1. The number of hydrogen-bond donors (Lipinski definition) is 2. The van der Waals surface area contributed by atoms with Gasteiger partial charge in [0, 0.05) is 5.56 Å². The van der Waals surface area contributed by atoms with Crippen molar-refractivity contribution in [1.29, 1.82) is 0 Å². The molecule has 1 fully saturated rings. The van der Waals surface area contributed by atoms with E-state index in [1.54, 1.807) is 6.07 Å². The summed E-state index contributed by atoms with van der Waals surface area (Å²) in [6.07, 6.45) is 5.83. The van der Waals surface area contributed by atoms with Gasteiger partial charge in [-0.05, 0) is 36.6 Å². The molecule has 0 spiro atoms. The van der Waals surface area contributed by atoms with E-state index in [0.29, 0.717) is 16.8 Å². The molecule has 1 aliphatic carbocycles. The number of rotatable bonds is 5. The van der Waals surface area contributed by atoms with E-state index < -0.39 is 5.91 Å². The minimum Gasteiger partial charge on any atom is -0.374 e. The molecular weight excluding hydrogens is 299 g/mol. The van der Waals surface area contributed by atoms with Gasteiger partial charge in [-0.15, -0.1) is 0 Å². The number of nitrogens with zero attached hydrogens (tertiary/aromatic N) is 2. The summed E-state index contributed by atoms with van der Waals surface area (Å²) in [6.45, 7) is 0.267. The van der Waals surface area contributed by atoms with E-state index >= 15 is 0 Å². The number of H-pyrrole nitrogens is 1. The maximum Gasteiger partial charge on any atom is 0.271 e. The number of nitrogens with two attached hydrogens (primary N) is 1. The molecule has 0 aliphatic heterocycles. The standard InChI is InChI=1S/C16H19FN4O2/c17-11-6-7-13(14-15(16(18)22)20-21-19-14)10(8-11)9-23-12-4-2-1-3-5-12/h6-8,12H,1-5,9H2,(H2,18,22)(H,19,20,21). The van der Waals surface area contributed by atoms with Crippen LogP contribution in [0, 0.1) is 5.82 Å². The van der Waals surface area contributed by atoms with Gasteiger partial charge >= 0.3 is 0 Å². The van der Waals surface area contributed by atoms with Crippen molar-refractivity contribution >= 4 is 5.91 Å². The van der Waals surface area contributed by atoms with Crippen molar-refractivity contribution in [2.75, 3.05) is 0 Å². The van der Waals surface area contributed by atoms with Crippen LogP contribution in [0.2, 0.25) is 0 Å². The first-order chi connectivity index (χ1) is 11.1. The maximum atomic E-state index is 13.6. The Hall–Kier alpha value is -2.28. The molecule has 1 saturated carbocycles. The molecule has 3 N–H and O–H groups in total. The largest absolute Gasteiger partial charge is 0.374 e. The van der Waals surface area contributed by atoms with E-state index in [1.165, 1.54) is 18.6 Å². The monoisotopic (exact) mass is 318 g/mol. The summed E-state index contributed by atoms with van der Waals surface area (Å²) in [5.41, 5.74) is 6.89. The van der Waals surface area contributed by atoms with Gasteiger partial charge < -0.3 is 10.5 Å². The van der Waals surface area contributed by atoms with Gasteiger partial charge in [-0.2, -0.15) is 15.4 Å². The number of nitrogens with one attached hydrogen (secondary N) is 1. The quantitative estimate of drug-likeness (QED) is 0.886. The normalized spacial score (nSPS) is 15.7. The number of aromatic amines is 1. The molecule has 1 aromatic carbocycles. The van der Waals surface area contributed by atoms with Crippen molar-refractivity contribution in [3.8, 4) is 11.3 Å². The highest BCUT2D eigenvalue weighted by Crippen LogP contribution is 2.27. The number of carbonyl (C=O) groups excluding carboxylic acids is 1. The molecule has 2 aromatic rings. The Morgan fingerprint density at radius 2 is 2.09 bits per heavy atom. The Morgan fingerprint density at radius 1 is 1.30 bits per heavy atom. The summed E-state index contributed by atoms with van der Waals surface area (Å²) in [6, 6.07) is 4.29. The lowest BCUT2D eigenvalue weighted by atomic mass is 9.97. The van der Waals surface area contributed by atoms with Crippen molar-refractivity contribution in [2.24, 2.45) is 5.73 Å². The highest BCUT2D eigenvalue weighted by molar-refractivity contribution is 5.97. The average Bonchev–Trinajstić information content (AvgIpc) is 3.03. The van der Waals surface area contributed by atoms with E-state index in [4.69, 9.17) is 10.5 Å². The first kappa shape index (κ1) is 15.6. The smallest absolute Gasteiger partial charge is 0.271 e. The van der Waals surface area contributed by atoms with Crippen LogP contribution in [0.4, 0.5) is 4.39 Å². The van der Waals surface area contributed by atoms with Crippen LogP contribution in [0.15, 0.2) is 18.2 Å². The lowest BCUT2D eigenvalue weighted by Crippen LogP contribution is -2.17. The molecule has 0 unspecified atom stereocenters.